The Labute approximate surface area is 138 Å². The van der Waals surface area contributed by atoms with Crippen LogP contribution < -0.4 is 4.74 Å². The fraction of sp³-hybridized carbons (Fsp3) is 0.0714. The maximum Gasteiger partial charge on any atom is 0.363 e. The van der Waals surface area contributed by atoms with Gasteiger partial charge in [0.25, 0.3) is 0 Å². The van der Waals surface area contributed by atoms with Gasteiger partial charge in [0.05, 0.1) is 14.9 Å². The fourth-order valence-electron chi connectivity index (χ4n) is 1.70. The number of hydrogen-bond donors (Lipinski definition) is 0. The first-order valence-corrected chi connectivity index (χ1v) is 7.83. The van der Waals surface area contributed by atoms with Crippen LogP contribution in [-0.4, -0.2) is 24.0 Å². The lowest BCUT2D eigenvalue weighted by atomic mass is 10.2. The predicted octanol–water partition coefficient (Wildman–Crippen LogP) is 3.10. The number of esters is 1. The molecule has 0 aliphatic carbocycles. The Morgan fingerprint density at radius 2 is 2.19 bits per heavy atom. The highest BCUT2D eigenvalue weighted by atomic mass is 127. The van der Waals surface area contributed by atoms with Gasteiger partial charge >= 0.3 is 5.97 Å². The van der Waals surface area contributed by atoms with E-state index in [0.717, 1.165) is 13.3 Å². The zero-order chi connectivity index (χ0) is 14.8. The number of aromatic nitrogens is 1. The number of aliphatic imine (C=N–C) groups is 1. The summed E-state index contributed by atoms with van der Waals surface area (Å²) in [6, 6.07) is 7.36. The van der Waals surface area contributed by atoms with E-state index >= 15 is 0 Å². The highest BCUT2D eigenvalue weighted by molar-refractivity contribution is 14.1. The zero-order valence-electron chi connectivity index (χ0n) is 10.9. The van der Waals surface area contributed by atoms with Crippen LogP contribution in [-0.2, 0) is 9.53 Å². The molecule has 0 atom stereocenters. The van der Waals surface area contributed by atoms with Crippen molar-refractivity contribution in [2.45, 2.75) is 0 Å². The first-order chi connectivity index (χ1) is 10.2. The van der Waals surface area contributed by atoms with Crippen molar-refractivity contribution in [3.63, 3.8) is 0 Å². The number of halogens is 1. The Morgan fingerprint density at radius 1 is 1.33 bits per heavy atom. The monoisotopic (exact) mass is 412 g/mol. The maximum atomic E-state index is 11.8. The number of ether oxygens (including phenoxy) is 2. The molecule has 2 aromatic heterocycles. The number of methoxy groups -OCH3 is 1. The summed E-state index contributed by atoms with van der Waals surface area (Å²) in [5.74, 6) is 0.411. The zero-order valence-corrected chi connectivity index (χ0v) is 13.8. The van der Waals surface area contributed by atoms with Crippen molar-refractivity contribution in [1.82, 2.24) is 4.98 Å². The van der Waals surface area contributed by atoms with E-state index in [9.17, 15) is 4.79 Å². The number of pyridine rings is 1. The number of thiophene rings is 1. The van der Waals surface area contributed by atoms with Gasteiger partial charge in [0.2, 0.25) is 11.8 Å². The van der Waals surface area contributed by atoms with Crippen molar-refractivity contribution in [2.24, 2.45) is 4.99 Å². The largest absolute Gasteiger partial charge is 0.481 e. The number of rotatable bonds is 3. The van der Waals surface area contributed by atoms with Gasteiger partial charge in [0.15, 0.2) is 5.70 Å². The van der Waals surface area contributed by atoms with Crippen LogP contribution >= 0.6 is 33.9 Å². The summed E-state index contributed by atoms with van der Waals surface area (Å²) in [6.07, 6.45) is 3.25. The van der Waals surface area contributed by atoms with Crippen molar-refractivity contribution in [1.29, 1.82) is 0 Å². The Balaban J connectivity index is 1.88. The minimum Gasteiger partial charge on any atom is -0.481 e. The number of cyclic esters (lactones) is 1. The van der Waals surface area contributed by atoms with Crippen molar-refractivity contribution in [2.75, 3.05) is 7.11 Å². The van der Waals surface area contributed by atoms with Gasteiger partial charge in [-0.15, -0.1) is 11.3 Å². The van der Waals surface area contributed by atoms with Crippen molar-refractivity contribution < 1.29 is 14.3 Å². The Kier molecular flexibility index (Phi) is 4.02. The van der Waals surface area contributed by atoms with Crippen molar-refractivity contribution in [3.8, 4) is 5.88 Å². The molecule has 21 heavy (non-hydrogen) atoms. The van der Waals surface area contributed by atoms with E-state index in [4.69, 9.17) is 9.47 Å². The van der Waals surface area contributed by atoms with Crippen LogP contribution in [0.3, 0.4) is 0 Å². The average molecular weight is 412 g/mol. The molecule has 0 N–H and O–H groups in total. The summed E-state index contributed by atoms with van der Waals surface area (Å²) in [6.45, 7) is 0. The molecule has 106 valence electrons. The molecule has 0 saturated heterocycles. The van der Waals surface area contributed by atoms with E-state index < -0.39 is 5.97 Å². The molecule has 0 unspecified atom stereocenters. The molecule has 1 aliphatic heterocycles. The molecule has 0 aromatic carbocycles. The normalized spacial score (nSPS) is 16.0. The van der Waals surface area contributed by atoms with E-state index in [0.29, 0.717) is 11.8 Å². The van der Waals surface area contributed by atoms with E-state index in [1.807, 2.05) is 12.1 Å². The number of carbonyl (C=O) groups excluding carboxylic acids is 1. The number of carbonyl (C=O) groups is 1. The van der Waals surface area contributed by atoms with Crippen LogP contribution in [0.1, 0.15) is 10.4 Å². The van der Waals surface area contributed by atoms with E-state index in [2.05, 4.69) is 32.6 Å². The molecule has 0 radical (unpaired) electrons. The summed E-state index contributed by atoms with van der Waals surface area (Å²) in [7, 11) is 1.55. The van der Waals surface area contributed by atoms with Crippen LogP contribution in [0.2, 0.25) is 0 Å². The molecule has 3 heterocycles. The lowest BCUT2D eigenvalue weighted by Crippen LogP contribution is -2.03. The van der Waals surface area contributed by atoms with E-state index in [1.54, 1.807) is 31.5 Å². The predicted molar refractivity (Wildman–Crippen MR) is 88.4 cm³/mol. The van der Waals surface area contributed by atoms with Crippen LogP contribution in [0.5, 0.6) is 5.88 Å². The SMILES string of the molecule is COc1ccc(/C=C2\N=C(c3ccc(I)s3)OC2=O)cn1. The highest BCUT2D eigenvalue weighted by Crippen LogP contribution is 2.24. The minimum atomic E-state index is -0.454. The first kappa shape index (κ1) is 14.2. The van der Waals surface area contributed by atoms with E-state index in [1.165, 1.54) is 11.3 Å². The lowest BCUT2D eigenvalue weighted by Gasteiger charge is -1.97. The third-order valence-corrected chi connectivity index (χ3v) is 4.56. The second kappa shape index (κ2) is 5.94. The Bertz CT molecular complexity index is 750. The summed E-state index contributed by atoms with van der Waals surface area (Å²) < 4.78 is 11.3. The van der Waals surface area contributed by atoms with E-state index in [-0.39, 0.29) is 5.70 Å². The molecule has 2 aromatic rings. The van der Waals surface area contributed by atoms with Gasteiger partial charge in [0, 0.05) is 12.3 Å². The van der Waals surface area contributed by atoms with Gasteiger partial charge in [-0.25, -0.2) is 14.8 Å². The van der Waals surface area contributed by atoms with Crippen LogP contribution in [0.4, 0.5) is 0 Å². The van der Waals surface area contributed by atoms with Crippen LogP contribution in [0.15, 0.2) is 41.2 Å². The minimum absolute atomic E-state index is 0.264. The van der Waals surface area contributed by atoms with Crippen LogP contribution in [0.25, 0.3) is 6.08 Å². The molecule has 0 spiro atoms. The number of nitrogens with zero attached hydrogens (tertiary/aromatic N) is 2. The topological polar surface area (TPSA) is 60.8 Å². The summed E-state index contributed by atoms with van der Waals surface area (Å²) >= 11 is 3.73. The smallest absolute Gasteiger partial charge is 0.363 e. The molecule has 3 rings (SSSR count). The second-order valence-corrected chi connectivity index (χ2v) is 7.05. The fourth-order valence-corrected chi connectivity index (χ4v) is 3.25. The summed E-state index contributed by atoms with van der Waals surface area (Å²) in [4.78, 5) is 21.0. The van der Waals surface area contributed by atoms with Crippen LogP contribution in [0, 0.1) is 2.88 Å². The van der Waals surface area contributed by atoms with Gasteiger partial charge < -0.3 is 9.47 Å². The molecular weight excluding hydrogens is 403 g/mol. The lowest BCUT2D eigenvalue weighted by molar-refractivity contribution is -0.129. The molecule has 5 nitrogen and oxygen atoms in total. The molecule has 0 bridgehead atoms. The molecule has 0 saturated carbocycles. The summed E-state index contributed by atoms with van der Waals surface area (Å²) in [5.41, 5.74) is 1.02. The van der Waals surface area contributed by atoms with Gasteiger partial charge in [-0.05, 0) is 52.4 Å². The maximum absolute atomic E-state index is 11.8. The Morgan fingerprint density at radius 3 is 2.81 bits per heavy atom. The first-order valence-electron chi connectivity index (χ1n) is 5.94. The van der Waals surface area contributed by atoms with Gasteiger partial charge in [-0.1, -0.05) is 0 Å². The summed E-state index contributed by atoms with van der Waals surface area (Å²) in [5, 5.41) is 0. The quantitative estimate of drug-likeness (QED) is 0.442. The van der Waals surface area contributed by atoms with Gasteiger partial charge in [-0.2, -0.15) is 0 Å². The third kappa shape index (κ3) is 3.13. The Hall–Kier alpha value is -1.74. The standard InChI is InChI=1S/C14H9IN2O3S/c1-19-12-5-2-8(7-16-12)6-9-14(18)20-13(17-9)10-3-4-11(15)21-10/h2-7H,1H3/b9-6-. The molecular formula is C14H9IN2O3S. The van der Waals surface area contributed by atoms with Gasteiger partial charge in [-0.3, -0.25) is 0 Å². The molecule has 0 amide bonds. The molecule has 1 aliphatic rings. The number of hydrogen-bond acceptors (Lipinski definition) is 6. The van der Waals surface area contributed by atoms with Crippen molar-refractivity contribution >= 4 is 51.9 Å². The average Bonchev–Trinajstić information content (AvgIpc) is 3.07. The highest BCUT2D eigenvalue weighted by Gasteiger charge is 2.25. The third-order valence-electron chi connectivity index (χ3n) is 2.68. The van der Waals surface area contributed by atoms with Crippen molar-refractivity contribution in [3.05, 3.63) is 49.5 Å². The van der Waals surface area contributed by atoms with Gasteiger partial charge in [0.1, 0.15) is 0 Å². The molecule has 7 heteroatoms. The molecule has 0 fully saturated rings. The second-order valence-electron chi connectivity index (χ2n) is 4.07.